The Kier molecular flexibility index (Phi) is 6.67. The third-order valence-corrected chi connectivity index (χ3v) is 2.95. The van der Waals surface area contributed by atoms with Gasteiger partial charge in [-0.3, -0.25) is 0 Å². The van der Waals surface area contributed by atoms with Gasteiger partial charge in [-0.25, -0.2) is 4.79 Å². The second-order valence-corrected chi connectivity index (χ2v) is 4.84. The molecule has 0 unspecified atom stereocenters. The molecule has 0 heterocycles. The Morgan fingerprint density at radius 2 is 2.05 bits per heavy atom. The van der Waals surface area contributed by atoms with Crippen molar-refractivity contribution in [1.82, 2.24) is 4.90 Å². The van der Waals surface area contributed by atoms with Crippen LogP contribution in [0, 0.1) is 0 Å². The van der Waals surface area contributed by atoms with Crippen molar-refractivity contribution >= 4 is 17.7 Å². The first kappa shape index (κ1) is 15.8. The lowest BCUT2D eigenvalue weighted by molar-refractivity contribution is 0.127. The average molecular weight is 286 g/mol. The second-order valence-electron chi connectivity index (χ2n) is 4.43. The molecule has 0 saturated heterocycles. The predicted octanol–water partition coefficient (Wildman–Crippen LogP) is 3.59. The minimum atomic E-state index is -0.390. The van der Waals surface area contributed by atoms with Crippen molar-refractivity contribution in [2.75, 3.05) is 20.3 Å². The largest absolute Gasteiger partial charge is 0.415 e. The highest BCUT2D eigenvalue weighted by Gasteiger charge is 2.19. The summed E-state index contributed by atoms with van der Waals surface area (Å²) in [6.07, 6.45) is 0.381. The van der Waals surface area contributed by atoms with E-state index in [4.69, 9.17) is 21.1 Å². The van der Waals surface area contributed by atoms with Crippen molar-refractivity contribution in [1.29, 1.82) is 0 Å². The van der Waals surface area contributed by atoms with Crippen LogP contribution in [0.1, 0.15) is 20.3 Å². The van der Waals surface area contributed by atoms with Crippen LogP contribution >= 0.6 is 11.6 Å². The van der Waals surface area contributed by atoms with E-state index >= 15 is 0 Å². The van der Waals surface area contributed by atoms with Crippen LogP contribution in [0.15, 0.2) is 24.3 Å². The molecule has 0 fully saturated rings. The van der Waals surface area contributed by atoms with E-state index in [0.717, 1.165) is 6.42 Å². The first-order chi connectivity index (χ1) is 9.06. The highest BCUT2D eigenvalue weighted by Crippen LogP contribution is 2.24. The first-order valence-electron chi connectivity index (χ1n) is 6.28. The van der Waals surface area contributed by atoms with Gasteiger partial charge in [0.25, 0.3) is 0 Å². The molecule has 5 heteroatoms. The molecule has 1 aromatic carbocycles. The van der Waals surface area contributed by atoms with E-state index in [2.05, 4.69) is 0 Å². The molecule has 0 aromatic heterocycles. The molecule has 1 rings (SSSR count). The van der Waals surface area contributed by atoms with Gasteiger partial charge in [0.05, 0.1) is 5.02 Å². The van der Waals surface area contributed by atoms with E-state index in [1.807, 2.05) is 13.8 Å². The molecule has 0 spiro atoms. The Morgan fingerprint density at radius 1 is 1.37 bits per heavy atom. The summed E-state index contributed by atoms with van der Waals surface area (Å²) in [5.41, 5.74) is 0. The summed E-state index contributed by atoms with van der Waals surface area (Å²) in [7, 11) is 1.64. The zero-order chi connectivity index (χ0) is 14.3. The highest BCUT2D eigenvalue weighted by atomic mass is 35.5. The van der Waals surface area contributed by atoms with Crippen LogP contribution in [-0.4, -0.2) is 37.3 Å². The number of ether oxygens (including phenoxy) is 2. The zero-order valence-electron chi connectivity index (χ0n) is 11.6. The van der Waals surface area contributed by atoms with Gasteiger partial charge >= 0.3 is 6.09 Å². The maximum Gasteiger partial charge on any atom is 0.415 e. The Hall–Kier alpha value is -1.26. The average Bonchev–Trinajstić information content (AvgIpc) is 2.37. The number of hydrogen-bond donors (Lipinski definition) is 0. The van der Waals surface area contributed by atoms with Crippen molar-refractivity contribution in [3.05, 3.63) is 29.3 Å². The van der Waals surface area contributed by atoms with Crippen LogP contribution in [0.25, 0.3) is 0 Å². The lowest BCUT2D eigenvalue weighted by atomic mass is 10.3. The Bertz CT molecular complexity index is 409. The monoisotopic (exact) mass is 285 g/mol. The van der Waals surface area contributed by atoms with Crippen LogP contribution in [0.3, 0.4) is 0 Å². The molecule has 106 valence electrons. The zero-order valence-corrected chi connectivity index (χ0v) is 12.3. The van der Waals surface area contributed by atoms with Crippen LogP contribution in [0.5, 0.6) is 5.75 Å². The molecule has 0 bridgehead atoms. The topological polar surface area (TPSA) is 38.8 Å². The minimum absolute atomic E-state index is 0.0619. The summed E-state index contributed by atoms with van der Waals surface area (Å²) in [5, 5.41) is 0.427. The number of carbonyl (C=O) groups excluding carboxylic acids is 1. The highest BCUT2D eigenvalue weighted by molar-refractivity contribution is 6.32. The molecule has 0 aliphatic rings. The molecule has 0 atom stereocenters. The fraction of sp³-hybridized carbons (Fsp3) is 0.500. The Balaban J connectivity index is 2.64. The van der Waals surface area contributed by atoms with E-state index in [-0.39, 0.29) is 12.1 Å². The maximum absolute atomic E-state index is 12.1. The van der Waals surface area contributed by atoms with E-state index < -0.39 is 0 Å². The van der Waals surface area contributed by atoms with E-state index in [1.165, 1.54) is 0 Å². The van der Waals surface area contributed by atoms with Crippen LogP contribution < -0.4 is 4.74 Å². The van der Waals surface area contributed by atoms with Gasteiger partial charge < -0.3 is 14.4 Å². The van der Waals surface area contributed by atoms with Gasteiger partial charge in [-0.05, 0) is 32.4 Å². The van der Waals surface area contributed by atoms with Crippen LogP contribution in [-0.2, 0) is 4.74 Å². The molecule has 0 saturated carbocycles. The first-order valence-corrected chi connectivity index (χ1v) is 6.66. The summed E-state index contributed by atoms with van der Waals surface area (Å²) >= 11 is 5.96. The van der Waals surface area contributed by atoms with Crippen LogP contribution in [0.2, 0.25) is 5.02 Å². The normalized spacial score (nSPS) is 10.6. The number of halogens is 1. The second kappa shape index (κ2) is 8.02. The van der Waals surface area contributed by atoms with Crippen LogP contribution in [0.4, 0.5) is 4.79 Å². The van der Waals surface area contributed by atoms with E-state index in [9.17, 15) is 4.79 Å². The number of nitrogens with zero attached hydrogens (tertiary/aromatic N) is 1. The number of methoxy groups -OCH3 is 1. The number of amides is 1. The van der Waals surface area contributed by atoms with Gasteiger partial charge in [0.2, 0.25) is 0 Å². The molecule has 0 N–H and O–H groups in total. The molecule has 19 heavy (non-hydrogen) atoms. The predicted molar refractivity (Wildman–Crippen MR) is 75.8 cm³/mol. The van der Waals surface area contributed by atoms with Gasteiger partial charge in [-0.1, -0.05) is 23.7 Å². The third-order valence-electron chi connectivity index (χ3n) is 2.64. The van der Waals surface area contributed by atoms with Gasteiger partial charge in [0.15, 0.2) is 5.75 Å². The van der Waals surface area contributed by atoms with Gasteiger partial charge in [-0.2, -0.15) is 0 Å². The van der Waals surface area contributed by atoms with E-state index in [0.29, 0.717) is 23.9 Å². The maximum atomic E-state index is 12.1. The molecule has 1 aromatic rings. The molecule has 0 aliphatic heterocycles. The van der Waals surface area contributed by atoms with Crippen molar-refractivity contribution in [2.45, 2.75) is 26.3 Å². The Morgan fingerprint density at radius 3 is 2.63 bits per heavy atom. The number of rotatable bonds is 6. The summed E-state index contributed by atoms with van der Waals surface area (Å²) < 4.78 is 10.3. The lowest BCUT2D eigenvalue weighted by Gasteiger charge is -2.25. The lowest BCUT2D eigenvalue weighted by Crippen LogP contribution is -2.40. The van der Waals surface area contributed by atoms with E-state index in [1.54, 1.807) is 36.3 Å². The Labute approximate surface area is 119 Å². The molecular weight excluding hydrogens is 266 g/mol. The molecule has 1 amide bonds. The summed E-state index contributed by atoms with van der Waals surface area (Å²) in [6.45, 7) is 5.10. The number of hydrogen-bond acceptors (Lipinski definition) is 3. The molecule has 0 aliphatic carbocycles. The van der Waals surface area contributed by atoms with Gasteiger partial charge in [0, 0.05) is 26.3 Å². The standard InChI is InChI=1S/C14H20ClNO3/c1-11(2)16(9-6-10-18-3)14(17)19-13-8-5-4-7-12(13)15/h4-5,7-8,11H,6,9-10H2,1-3H3. The van der Waals surface area contributed by atoms with Crippen molar-refractivity contribution in [2.24, 2.45) is 0 Å². The number of benzene rings is 1. The number of para-hydroxylation sites is 1. The molecular formula is C14H20ClNO3. The van der Waals surface area contributed by atoms with Gasteiger partial charge in [0.1, 0.15) is 0 Å². The fourth-order valence-corrected chi connectivity index (χ4v) is 1.79. The SMILES string of the molecule is COCCCN(C(=O)Oc1ccccc1Cl)C(C)C. The fourth-order valence-electron chi connectivity index (χ4n) is 1.62. The summed E-state index contributed by atoms with van der Waals surface area (Å²) in [5.74, 6) is 0.381. The summed E-state index contributed by atoms with van der Waals surface area (Å²) in [6, 6.07) is 6.99. The molecule has 4 nitrogen and oxygen atoms in total. The molecule has 0 radical (unpaired) electrons. The number of carbonyl (C=O) groups is 1. The van der Waals surface area contributed by atoms with Gasteiger partial charge in [-0.15, -0.1) is 0 Å². The van der Waals surface area contributed by atoms with Crippen molar-refractivity contribution in [3.8, 4) is 5.75 Å². The van der Waals surface area contributed by atoms with Crippen molar-refractivity contribution in [3.63, 3.8) is 0 Å². The quantitative estimate of drug-likeness (QED) is 0.750. The van der Waals surface area contributed by atoms with Crippen molar-refractivity contribution < 1.29 is 14.3 Å². The smallest absolute Gasteiger partial charge is 0.409 e. The minimum Gasteiger partial charge on any atom is -0.409 e. The summed E-state index contributed by atoms with van der Waals surface area (Å²) in [4.78, 5) is 13.8. The third kappa shape index (κ3) is 5.09.